The monoisotopic (exact) mass is 276 g/mol. The van der Waals surface area contributed by atoms with Crippen molar-refractivity contribution in [3.05, 3.63) is 46.2 Å². The lowest BCUT2D eigenvalue weighted by molar-refractivity contribution is 0.0941. The molecular weight excluding hydrogens is 260 g/mol. The molecule has 1 unspecified atom stereocenters. The maximum absolute atomic E-state index is 12.1. The van der Waals surface area contributed by atoms with E-state index in [1.807, 2.05) is 23.8 Å². The second-order valence-corrected chi connectivity index (χ2v) is 4.99. The quantitative estimate of drug-likeness (QED) is 0.844. The lowest BCUT2D eigenvalue weighted by atomic mass is 10.1. The lowest BCUT2D eigenvalue weighted by Crippen LogP contribution is -2.27. The molecule has 2 rings (SSSR count). The molecule has 3 N–H and O–H groups in total. The summed E-state index contributed by atoms with van der Waals surface area (Å²) in [7, 11) is 1.56. The summed E-state index contributed by atoms with van der Waals surface area (Å²) in [6.07, 6.45) is 0. The molecule has 0 aliphatic carbocycles. The number of rotatable bonds is 4. The number of benzene rings is 1. The van der Waals surface area contributed by atoms with Gasteiger partial charge in [-0.25, -0.2) is 0 Å². The highest BCUT2D eigenvalue weighted by Crippen LogP contribution is 2.21. The van der Waals surface area contributed by atoms with Crippen molar-refractivity contribution in [1.82, 2.24) is 5.32 Å². The SMILES string of the molecule is COc1ccc(C(=O)NC(C)c2ccsc2)c(N)c1. The van der Waals surface area contributed by atoms with Crippen LogP contribution in [-0.4, -0.2) is 13.0 Å². The standard InChI is InChI=1S/C14H16N2O2S/c1-9(10-5-6-19-8-10)16-14(17)12-4-3-11(18-2)7-13(12)15/h3-9H,15H2,1-2H3,(H,16,17). The van der Waals surface area contributed by atoms with Crippen LogP contribution < -0.4 is 15.8 Å². The van der Waals surface area contributed by atoms with E-state index in [0.717, 1.165) is 5.56 Å². The third kappa shape index (κ3) is 3.06. The first kappa shape index (κ1) is 13.4. The van der Waals surface area contributed by atoms with Gasteiger partial charge in [-0.15, -0.1) is 0 Å². The van der Waals surface area contributed by atoms with Crippen LogP contribution in [0.2, 0.25) is 0 Å². The predicted molar refractivity (Wildman–Crippen MR) is 77.6 cm³/mol. The van der Waals surface area contributed by atoms with Crippen molar-refractivity contribution in [1.29, 1.82) is 0 Å². The smallest absolute Gasteiger partial charge is 0.253 e. The van der Waals surface area contributed by atoms with Gasteiger partial charge in [0.15, 0.2) is 0 Å². The van der Waals surface area contributed by atoms with Crippen molar-refractivity contribution < 1.29 is 9.53 Å². The number of methoxy groups -OCH3 is 1. The summed E-state index contributed by atoms with van der Waals surface area (Å²) < 4.78 is 5.06. The van der Waals surface area contributed by atoms with Crippen LogP contribution in [0, 0.1) is 0 Å². The van der Waals surface area contributed by atoms with Gasteiger partial charge in [-0.05, 0) is 41.4 Å². The van der Waals surface area contributed by atoms with Crippen LogP contribution >= 0.6 is 11.3 Å². The minimum Gasteiger partial charge on any atom is -0.497 e. The second kappa shape index (κ2) is 5.75. The molecule has 19 heavy (non-hydrogen) atoms. The normalized spacial score (nSPS) is 11.9. The molecule has 4 nitrogen and oxygen atoms in total. The highest BCUT2D eigenvalue weighted by Gasteiger charge is 2.14. The highest BCUT2D eigenvalue weighted by atomic mass is 32.1. The average molecular weight is 276 g/mol. The van der Waals surface area contributed by atoms with Gasteiger partial charge in [0, 0.05) is 11.8 Å². The topological polar surface area (TPSA) is 64.3 Å². The fourth-order valence-corrected chi connectivity index (χ4v) is 2.51. The molecule has 0 aliphatic heterocycles. The Kier molecular flexibility index (Phi) is 4.06. The van der Waals surface area contributed by atoms with Crippen LogP contribution in [0.25, 0.3) is 0 Å². The Hall–Kier alpha value is -2.01. The summed E-state index contributed by atoms with van der Waals surface area (Å²) in [5.41, 5.74) is 7.81. The molecule has 0 fully saturated rings. The Morgan fingerprint density at radius 2 is 2.21 bits per heavy atom. The Balaban J connectivity index is 2.12. The number of carbonyl (C=O) groups excluding carboxylic acids is 1. The van der Waals surface area contributed by atoms with Crippen molar-refractivity contribution in [2.45, 2.75) is 13.0 Å². The fourth-order valence-electron chi connectivity index (χ4n) is 1.75. The van der Waals surface area contributed by atoms with Crippen molar-refractivity contribution in [2.24, 2.45) is 0 Å². The summed E-state index contributed by atoms with van der Waals surface area (Å²) >= 11 is 1.61. The van der Waals surface area contributed by atoms with Gasteiger partial charge in [0.05, 0.1) is 18.7 Å². The molecule has 0 bridgehead atoms. The largest absolute Gasteiger partial charge is 0.497 e. The zero-order chi connectivity index (χ0) is 13.8. The summed E-state index contributed by atoms with van der Waals surface area (Å²) in [5, 5.41) is 6.93. The molecule has 0 aliphatic rings. The summed E-state index contributed by atoms with van der Waals surface area (Å²) in [6, 6.07) is 6.99. The number of anilines is 1. The molecule has 2 aromatic rings. The maximum atomic E-state index is 12.1. The van der Waals surface area contributed by atoms with Crippen molar-refractivity contribution in [3.8, 4) is 5.75 Å². The molecule has 1 aromatic heterocycles. The number of ether oxygens (including phenoxy) is 1. The first-order chi connectivity index (χ1) is 9.11. The van der Waals surface area contributed by atoms with E-state index in [1.54, 1.807) is 36.6 Å². The molecular formula is C14H16N2O2S. The van der Waals surface area contributed by atoms with Gasteiger partial charge in [-0.2, -0.15) is 11.3 Å². The Morgan fingerprint density at radius 1 is 1.42 bits per heavy atom. The van der Waals surface area contributed by atoms with Gasteiger partial charge in [0.25, 0.3) is 5.91 Å². The van der Waals surface area contributed by atoms with Gasteiger partial charge in [-0.3, -0.25) is 4.79 Å². The van der Waals surface area contributed by atoms with E-state index < -0.39 is 0 Å². The number of amides is 1. The third-order valence-electron chi connectivity index (χ3n) is 2.89. The molecule has 1 heterocycles. The molecule has 5 heteroatoms. The van der Waals surface area contributed by atoms with E-state index in [1.165, 1.54) is 0 Å². The van der Waals surface area contributed by atoms with E-state index >= 15 is 0 Å². The van der Waals surface area contributed by atoms with E-state index in [4.69, 9.17) is 10.5 Å². The molecule has 0 radical (unpaired) electrons. The Morgan fingerprint density at radius 3 is 2.79 bits per heavy atom. The first-order valence-electron chi connectivity index (χ1n) is 5.88. The number of carbonyl (C=O) groups is 1. The van der Waals surface area contributed by atoms with Crippen LogP contribution in [0.5, 0.6) is 5.75 Å². The van der Waals surface area contributed by atoms with Gasteiger partial charge in [-0.1, -0.05) is 0 Å². The van der Waals surface area contributed by atoms with Gasteiger partial charge < -0.3 is 15.8 Å². The predicted octanol–water partition coefficient (Wildman–Crippen LogP) is 2.83. The molecule has 1 aromatic carbocycles. The van der Waals surface area contributed by atoms with Crippen LogP contribution in [0.4, 0.5) is 5.69 Å². The maximum Gasteiger partial charge on any atom is 0.253 e. The number of hydrogen-bond donors (Lipinski definition) is 2. The van der Waals surface area contributed by atoms with E-state index in [-0.39, 0.29) is 11.9 Å². The van der Waals surface area contributed by atoms with Crippen LogP contribution in [0.1, 0.15) is 28.9 Å². The Bertz CT molecular complexity index is 567. The third-order valence-corrected chi connectivity index (χ3v) is 3.60. The molecule has 0 saturated carbocycles. The second-order valence-electron chi connectivity index (χ2n) is 4.21. The zero-order valence-electron chi connectivity index (χ0n) is 10.8. The van der Waals surface area contributed by atoms with E-state index in [0.29, 0.717) is 17.0 Å². The summed E-state index contributed by atoms with van der Waals surface area (Å²) in [5.74, 6) is 0.457. The summed E-state index contributed by atoms with van der Waals surface area (Å²) in [4.78, 5) is 12.1. The van der Waals surface area contributed by atoms with Crippen molar-refractivity contribution in [2.75, 3.05) is 12.8 Å². The highest BCUT2D eigenvalue weighted by molar-refractivity contribution is 7.07. The van der Waals surface area contributed by atoms with E-state index in [2.05, 4.69) is 5.32 Å². The van der Waals surface area contributed by atoms with Crippen LogP contribution in [0.3, 0.4) is 0 Å². The van der Waals surface area contributed by atoms with Crippen LogP contribution in [-0.2, 0) is 0 Å². The molecule has 100 valence electrons. The fraction of sp³-hybridized carbons (Fsp3) is 0.214. The number of nitrogens with one attached hydrogen (secondary N) is 1. The van der Waals surface area contributed by atoms with Gasteiger partial charge >= 0.3 is 0 Å². The first-order valence-corrected chi connectivity index (χ1v) is 6.82. The van der Waals surface area contributed by atoms with Crippen molar-refractivity contribution in [3.63, 3.8) is 0 Å². The van der Waals surface area contributed by atoms with Gasteiger partial charge in [0.1, 0.15) is 5.75 Å². The van der Waals surface area contributed by atoms with Gasteiger partial charge in [0.2, 0.25) is 0 Å². The number of hydrogen-bond acceptors (Lipinski definition) is 4. The minimum absolute atomic E-state index is 0.0414. The van der Waals surface area contributed by atoms with Crippen LogP contribution in [0.15, 0.2) is 35.0 Å². The average Bonchev–Trinajstić information content (AvgIpc) is 2.92. The lowest BCUT2D eigenvalue weighted by Gasteiger charge is -2.14. The molecule has 1 atom stereocenters. The molecule has 1 amide bonds. The number of nitrogens with two attached hydrogens (primary N) is 1. The number of thiophene rings is 1. The summed E-state index contributed by atoms with van der Waals surface area (Å²) in [6.45, 7) is 1.94. The Labute approximate surface area is 116 Å². The zero-order valence-corrected chi connectivity index (χ0v) is 11.7. The molecule has 0 spiro atoms. The van der Waals surface area contributed by atoms with Crippen molar-refractivity contribution >= 4 is 22.9 Å². The number of nitrogen functional groups attached to an aromatic ring is 1. The molecule has 0 saturated heterocycles. The van der Waals surface area contributed by atoms with E-state index in [9.17, 15) is 4.79 Å². The minimum atomic E-state index is -0.182.